The second-order valence-corrected chi connectivity index (χ2v) is 8.59. The number of ether oxygens (including phenoxy) is 1. The lowest BCUT2D eigenvalue weighted by Gasteiger charge is -2.08. The van der Waals surface area contributed by atoms with Crippen molar-refractivity contribution in [3.8, 4) is 6.07 Å². The largest absolute Gasteiger partial charge is 0.507 e. The average molecular weight is 436 g/mol. The lowest BCUT2D eigenvalue weighted by atomic mass is 10.1. The predicted molar refractivity (Wildman–Crippen MR) is 117 cm³/mol. The third-order valence-corrected chi connectivity index (χ3v) is 6.26. The Bertz CT molecular complexity index is 1230. The maximum atomic E-state index is 12.8. The molecule has 0 radical (unpaired) electrons. The highest BCUT2D eigenvalue weighted by atomic mass is 32.1. The maximum Gasteiger partial charge on any atom is 0.341 e. The zero-order valence-electron chi connectivity index (χ0n) is 17.0. The molecular formula is C22H20N4O4S. The predicted octanol–water partition coefficient (Wildman–Crippen LogP) is 4.24. The lowest BCUT2D eigenvalue weighted by molar-refractivity contribution is -0.117. The van der Waals surface area contributed by atoms with Crippen molar-refractivity contribution in [3.05, 3.63) is 51.9 Å². The number of nitrogens with one attached hydrogen (secondary N) is 2. The standard InChI is InChI=1S/C22H20N4O4S/c1-11-12(2)31-21(26-20(28)13-7-8-13)18(11)22(29)30-10-17(27)14(9-23)19-24-15-5-3-4-6-16(15)25-19/h3-6,13,27H,7-8,10H2,1-2H3,(H,24,25)(H,26,28). The number of amides is 1. The second-order valence-electron chi connectivity index (χ2n) is 7.36. The van der Waals surface area contributed by atoms with Crippen LogP contribution < -0.4 is 5.32 Å². The molecule has 2 heterocycles. The van der Waals surface area contributed by atoms with Gasteiger partial charge in [0.15, 0.2) is 11.6 Å². The number of esters is 1. The van der Waals surface area contributed by atoms with Crippen LogP contribution in [-0.4, -0.2) is 33.6 Å². The number of aryl methyl sites for hydroxylation is 1. The van der Waals surface area contributed by atoms with E-state index in [2.05, 4.69) is 15.3 Å². The normalized spacial score (nSPS) is 14.1. The maximum absolute atomic E-state index is 12.8. The fourth-order valence-corrected chi connectivity index (χ4v) is 4.18. The van der Waals surface area contributed by atoms with E-state index in [1.54, 1.807) is 19.1 Å². The number of aromatic amines is 1. The van der Waals surface area contributed by atoms with Crippen molar-refractivity contribution in [2.75, 3.05) is 11.9 Å². The highest BCUT2D eigenvalue weighted by molar-refractivity contribution is 7.16. The Balaban J connectivity index is 1.53. The van der Waals surface area contributed by atoms with Crippen molar-refractivity contribution in [2.24, 2.45) is 5.92 Å². The van der Waals surface area contributed by atoms with Gasteiger partial charge in [-0.2, -0.15) is 5.26 Å². The molecule has 0 saturated heterocycles. The number of benzene rings is 1. The first kappa shape index (κ1) is 20.6. The summed E-state index contributed by atoms with van der Waals surface area (Å²) in [4.78, 5) is 33.0. The van der Waals surface area contributed by atoms with Crippen LogP contribution in [0.5, 0.6) is 0 Å². The van der Waals surface area contributed by atoms with Gasteiger partial charge in [-0.3, -0.25) is 4.79 Å². The quantitative estimate of drug-likeness (QED) is 0.301. The molecule has 8 nitrogen and oxygen atoms in total. The van der Waals surface area contributed by atoms with Gasteiger partial charge in [-0.25, -0.2) is 9.78 Å². The average Bonchev–Trinajstić information content (AvgIpc) is 3.46. The molecule has 1 aliphatic rings. The third-order valence-electron chi connectivity index (χ3n) is 5.14. The summed E-state index contributed by atoms with van der Waals surface area (Å²) < 4.78 is 5.28. The van der Waals surface area contributed by atoms with Crippen LogP contribution in [0.3, 0.4) is 0 Å². The van der Waals surface area contributed by atoms with Gasteiger partial charge in [0.25, 0.3) is 0 Å². The van der Waals surface area contributed by atoms with Crippen molar-refractivity contribution in [1.82, 2.24) is 9.97 Å². The summed E-state index contributed by atoms with van der Waals surface area (Å²) in [6, 6.07) is 9.13. The van der Waals surface area contributed by atoms with E-state index >= 15 is 0 Å². The Morgan fingerprint density at radius 1 is 1.35 bits per heavy atom. The third kappa shape index (κ3) is 4.15. The number of hydrogen-bond acceptors (Lipinski definition) is 7. The number of H-pyrrole nitrogens is 1. The number of aliphatic hydroxyl groups excluding tert-OH is 1. The highest BCUT2D eigenvalue weighted by Gasteiger charge is 2.32. The van der Waals surface area contributed by atoms with E-state index in [1.165, 1.54) is 11.3 Å². The summed E-state index contributed by atoms with van der Waals surface area (Å²) in [5.74, 6) is -1.00. The van der Waals surface area contributed by atoms with Crippen LogP contribution in [0.2, 0.25) is 0 Å². The molecule has 3 aromatic rings. The monoisotopic (exact) mass is 436 g/mol. The van der Waals surface area contributed by atoms with Gasteiger partial charge in [0.05, 0.1) is 16.6 Å². The number of aromatic nitrogens is 2. The molecule has 3 N–H and O–H groups in total. The number of nitriles is 1. The van der Waals surface area contributed by atoms with Gasteiger partial charge in [0.2, 0.25) is 5.91 Å². The molecule has 9 heteroatoms. The van der Waals surface area contributed by atoms with Crippen molar-refractivity contribution in [3.63, 3.8) is 0 Å². The van der Waals surface area contributed by atoms with E-state index in [0.29, 0.717) is 16.1 Å². The molecule has 0 bridgehead atoms. The minimum absolute atomic E-state index is 0.000515. The van der Waals surface area contributed by atoms with Crippen molar-refractivity contribution < 1.29 is 19.4 Å². The Morgan fingerprint density at radius 3 is 2.77 bits per heavy atom. The van der Waals surface area contributed by atoms with Gasteiger partial charge in [-0.05, 0) is 44.4 Å². The molecular weight excluding hydrogens is 416 g/mol. The topological polar surface area (TPSA) is 128 Å². The number of para-hydroxylation sites is 2. The summed E-state index contributed by atoms with van der Waals surface area (Å²) in [6.07, 6.45) is 1.71. The molecule has 2 aromatic heterocycles. The first-order chi connectivity index (χ1) is 14.9. The zero-order chi connectivity index (χ0) is 22.1. The van der Waals surface area contributed by atoms with E-state index in [4.69, 9.17) is 4.74 Å². The highest BCUT2D eigenvalue weighted by Crippen LogP contribution is 2.36. The van der Waals surface area contributed by atoms with Crippen LogP contribution in [-0.2, 0) is 9.53 Å². The number of fused-ring (bicyclic) bond motifs is 1. The molecule has 0 spiro atoms. The number of aliphatic hydroxyl groups is 1. The molecule has 1 saturated carbocycles. The molecule has 31 heavy (non-hydrogen) atoms. The molecule has 1 aromatic carbocycles. The van der Waals surface area contributed by atoms with Gasteiger partial charge in [0.1, 0.15) is 23.3 Å². The minimum Gasteiger partial charge on any atom is -0.507 e. The summed E-state index contributed by atoms with van der Waals surface area (Å²) >= 11 is 1.31. The fraction of sp³-hybridized carbons (Fsp3) is 0.273. The smallest absolute Gasteiger partial charge is 0.341 e. The molecule has 1 aliphatic carbocycles. The first-order valence-electron chi connectivity index (χ1n) is 9.74. The first-order valence-corrected chi connectivity index (χ1v) is 10.6. The zero-order valence-corrected chi connectivity index (χ0v) is 17.8. The molecule has 0 atom stereocenters. The Morgan fingerprint density at radius 2 is 2.10 bits per heavy atom. The van der Waals surface area contributed by atoms with Crippen LogP contribution in [0, 0.1) is 31.1 Å². The molecule has 1 amide bonds. The number of anilines is 1. The van der Waals surface area contributed by atoms with Crippen molar-refractivity contribution in [2.45, 2.75) is 26.7 Å². The van der Waals surface area contributed by atoms with Gasteiger partial charge in [0, 0.05) is 10.8 Å². The Hall–Kier alpha value is -3.64. The Labute approximate surface area is 182 Å². The summed E-state index contributed by atoms with van der Waals surface area (Å²) in [6.45, 7) is 3.14. The van der Waals surface area contributed by atoms with E-state index in [1.807, 2.05) is 25.1 Å². The van der Waals surface area contributed by atoms with Gasteiger partial charge in [-0.15, -0.1) is 11.3 Å². The van der Waals surface area contributed by atoms with Crippen LogP contribution in [0.15, 0.2) is 30.0 Å². The van der Waals surface area contributed by atoms with Crippen molar-refractivity contribution in [1.29, 1.82) is 5.26 Å². The molecule has 1 fully saturated rings. The summed E-state index contributed by atoms with van der Waals surface area (Å²) in [5.41, 5.74) is 2.24. The summed E-state index contributed by atoms with van der Waals surface area (Å²) in [7, 11) is 0. The molecule has 0 aliphatic heterocycles. The van der Waals surface area contributed by atoms with E-state index < -0.39 is 18.3 Å². The number of nitrogens with zero attached hydrogens (tertiary/aromatic N) is 2. The van der Waals surface area contributed by atoms with Gasteiger partial charge in [-0.1, -0.05) is 12.1 Å². The van der Waals surface area contributed by atoms with Crippen molar-refractivity contribution >= 4 is 44.8 Å². The fourth-order valence-electron chi connectivity index (χ4n) is 3.12. The number of carbonyl (C=O) groups is 2. The second kappa shape index (κ2) is 8.24. The van der Waals surface area contributed by atoms with E-state index in [0.717, 1.165) is 23.2 Å². The van der Waals surface area contributed by atoms with Gasteiger partial charge >= 0.3 is 5.97 Å². The number of rotatable bonds is 6. The molecule has 158 valence electrons. The van der Waals surface area contributed by atoms with Gasteiger partial charge < -0.3 is 20.1 Å². The van der Waals surface area contributed by atoms with Crippen LogP contribution in [0.25, 0.3) is 16.6 Å². The minimum atomic E-state index is -0.679. The SMILES string of the molecule is Cc1sc(NC(=O)C2CC2)c(C(=O)OCC(O)=C(C#N)c2nc3ccccc3[nH]2)c1C. The van der Waals surface area contributed by atoms with E-state index in [-0.39, 0.29) is 28.8 Å². The number of imidazole rings is 1. The number of carbonyl (C=O) groups excluding carboxylic acids is 2. The van der Waals surface area contributed by atoms with Crippen LogP contribution in [0.1, 0.15) is 39.5 Å². The Kier molecular flexibility index (Phi) is 5.48. The lowest BCUT2D eigenvalue weighted by Crippen LogP contribution is -2.16. The van der Waals surface area contributed by atoms with Crippen LogP contribution >= 0.6 is 11.3 Å². The number of allylic oxidation sites excluding steroid dienone is 1. The van der Waals surface area contributed by atoms with Crippen LogP contribution in [0.4, 0.5) is 5.00 Å². The number of hydrogen-bond donors (Lipinski definition) is 3. The van der Waals surface area contributed by atoms with E-state index in [9.17, 15) is 20.0 Å². The molecule has 0 unspecified atom stereocenters. The molecule has 4 rings (SSSR count). The summed E-state index contributed by atoms with van der Waals surface area (Å²) in [5, 5.41) is 23.2. The number of thiophene rings is 1.